The van der Waals surface area contributed by atoms with Crippen molar-refractivity contribution in [2.24, 2.45) is 0 Å². The number of nitrogen functional groups attached to an aromatic ring is 1. The van der Waals surface area contributed by atoms with Gasteiger partial charge in [0.05, 0.1) is 24.0 Å². The van der Waals surface area contributed by atoms with Crippen LogP contribution in [-0.4, -0.2) is 39.7 Å². The lowest BCUT2D eigenvalue weighted by Gasteiger charge is -2.22. The lowest BCUT2D eigenvalue weighted by atomic mass is 10.2. The smallest absolute Gasteiger partial charge is 0.266 e. The van der Waals surface area contributed by atoms with Gasteiger partial charge in [-0.1, -0.05) is 18.2 Å². The van der Waals surface area contributed by atoms with Crippen LogP contribution in [0, 0.1) is 0 Å². The SMILES string of the molecule is Nc1c(C(=O)N2CCC[C@H]2CO)sc2c1ccc(=O)n2-c1ccccc1. The maximum atomic E-state index is 13.0. The minimum Gasteiger partial charge on any atom is -0.397 e. The molecule has 1 saturated heterocycles. The molecule has 1 aliphatic rings. The van der Waals surface area contributed by atoms with E-state index in [2.05, 4.69) is 0 Å². The molecular formula is C19H19N3O3S. The van der Waals surface area contributed by atoms with Crippen LogP contribution in [-0.2, 0) is 0 Å². The third-order valence-electron chi connectivity index (χ3n) is 4.84. The van der Waals surface area contributed by atoms with Gasteiger partial charge in [0, 0.05) is 18.0 Å². The summed E-state index contributed by atoms with van der Waals surface area (Å²) in [6.07, 6.45) is 1.66. The first kappa shape index (κ1) is 16.8. The molecule has 0 bridgehead atoms. The average Bonchev–Trinajstić information content (AvgIpc) is 3.26. The summed E-state index contributed by atoms with van der Waals surface area (Å²) in [7, 11) is 0. The number of nitrogens with zero attached hydrogens (tertiary/aromatic N) is 2. The molecule has 7 heteroatoms. The second-order valence-electron chi connectivity index (χ2n) is 6.38. The van der Waals surface area contributed by atoms with E-state index in [-0.39, 0.29) is 24.1 Å². The highest BCUT2D eigenvalue weighted by atomic mass is 32.1. The van der Waals surface area contributed by atoms with Gasteiger partial charge in [0.2, 0.25) is 0 Å². The predicted octanol–water partition coefficient (Wildman–Crippen LogP) is 2.23. The van der Waals surface area contributed by atoms with Gasteiger partial charge in [0.25, 0.3) is 11.5 Å². The molecule has 1 fully saturated rings. The van der Waals surface area contributed by atoms with Crippen molar-refractivity contribution in [3.05, 3.63) is 57.7 Å². The molecule has 0 saturated carbocycles. The van der Waals surface area contributed by atoms with Crippen LogP contribution >= 0.6 is 11.3 Å². The van der Waals surface area contributed by atoms with E-state index < -0.39 is 0 Å². The quantitative estimate of drug-likeness (QED) is 0.741. The number of benzene rings is 1. The van der Waals surface area contributed by atoms with Gasteiger partial charge in [-0.2, -0.15) is 0 Å². The second kappa shape index (κ2) is 6.59. The molecule has 3 aromatic rings. The van der Waals surface area contributed by atoms with E-state index in [9.17, 15) is 14.7 Å². The second-order valence-corrected chi connectivity index (χ2v) is 7.38. The molecule has 1 amide bonds. The fraction of sp³-hybridized carbons (Fsp3) is 0.263. The molecule has 2 aromatic heterocycles. The first-order valence-corrected chi connectivity index (χ1v) is 9.34. The topological polar surface area (TPSA) is 88.6 Å². The number of aliphatic hydroxyl groups is 1. The Balaban J connectivity index is 1.87. The summed E-state index contributed by atoms with van der Waals surface area (Å²) in [5, 5.41) is 10.2. The van der Waals surface area contributed by atoms with Gasteiger partial charge in [-0.3, -0.25) is 14.2 Å². The average molecular weight is 369 g/mol. The number of thiophene rings is 1. The van der Waals surface area contributed by atoms with Crippen LogP contribution in [0.15, 0.2) is 47.3 Å². The fourth-order valence-corrected chi connectivity index (χ4v) is 4.70. The third-order valence-corrected chi connectivity index (χ3v) is 6.03. The monoisotopic (exact) mass is 369 g/mol. The maximum Gasteiger partial charge on any atom is 0.266 e. The first-order valence-electron chi connectivity index (χ1n) is 8.53. The van der Waals surface area contributed by atoms with Crippen LogP contribution in [0.2, 0.25) is 0 Å². The molecule has 134 valence electrons. The molecule has 6 nitrogen and oxygen atoms in total. The van der Waals surface area contributed by atoms with Crippen LogP contribution in [0.4, 0.5) is 5.69 Å². The summed E-state index contributed by atoms with van der Waals surface area (Å²) >= 11 is 1.23. The van der Waals surface area contributed by atoms with Crippen LogP contribution in [0.1, 0.15) is 22.5 Å². The highest BCUT2D eigenvalue weighted by Crippen LogP contribution is 2.35. The summed E-state index contributed by atoms with van der Waals surface area (Å²) in [6.45, 7) is 0.564. The maximum absolute atomic E-state index is 13.0. The normalized spacial score (nSPS) is 17.1. The number of nitrogens with two attached hydrogens (primary N) is 1. The Morgan fingerprint density at radius 3 is 2.73 bits per heavy atom. The van der Waals surface area contributed by atoms with Crippen LogP contribution < -0.4 is 11.3 Å². The van der Waals surface area contributed by atoms with Crippen LogP contribution in [0.25, 0.3) is 15.9 Å². The minimum atomic E-state index is -0.174. The lowest BCUT2D eigenvalue weighted by Crippen LogP contribution is -2.37. The lowest BCUT2D eigenvalue weighted by molar-refractivity contribution is 0.0683. The Hall–Kier alpha value is -2.64. The Bertz CT molecular complexity index is 1030. The molecule has 0 aliphatic carbocycles. The zero-order chi connectivity index (χ0) is 18.3. The number of likely N-dealkylation sites (tertiary alicyclic amines) is 1. The van der Waals surface area contributed by atoms with Crippen molar-refractivity contribution in [1.29, 1.82) is 0 Å². The number of carbonyl (C=O) groups excluding carboxylic acids is 1. The van der Waals surface area contributed by atoms with Crippen LogP contribution in [0.5, 0.6) is 0 Å². The van der Waals surface area contributed by atoms with Crippen molar-refractivity contribution in [3.63, 3.8) is 0 Å². The van der Waals surface area contributed by atoms with E-state index in [1.54, 1.807) is 15.5 Å². The van der Waals surface area contributed by atoms with E-state index in [0.717, 1.165) is 18.5 Å². The van der Waals surface area contributed by atoms with Gasteiger partial charge in [-0.15, -0.1) is 11.3 Å². The number of aromatic nitrogens is 1. The standard InChI is InChI=1S/C19H19N3O3S/c20-16-14-8-9-15(24)22(12-5-2-1-3-6-12)19(14)26-17(16)18(25)21-10-4-7-13(21)11-23/h1-3,5-6,8-9,13,23H,4,7,10-11,20H2/t13-/m0/s1. The molecule has 26 heavy (non-hydrogen) atoms. The van der Waals surface area contributed by atoms with Gasteiger partial charge in [0.1, 0.15) is 9.71 Å². The van der Waals surface area contributed by atoms with E-state index >= 15 is 0 Å². The number of hydrogen-bond donors (Lipinski definition) is 2. The van der Waals surface area contributed by atoms with Crippen molar-refractivity contribution < 1.29 is 9.90 Å². The van der Waals surface area contributed by atoms with Crippen molar-refractivity contribution >= 4 is 33.1 Å². The fourth-order valence-electron chi connectivity index (χ4n) is 3.50. The molecule has 4 rings (SSSR count). The summed E-state index contributed by atoms with van der Waals surface area (Å²) in [5.41, 5.74) is 7.23. The van der Waals surface area contributed by atoms with E-state index in [4.69, 9.17) is 5.73 Å². The molecule has 0 spiro atoms. The number of para-hydroxylation sites is 1. The Morgan fingerprint density at radius 1 is 1.23 bits per heavy atom. The van der Waals surface area contributed by atoms with Gasteiger partial charge in [-0.25, -0.2) is 0 Å². The summed E-state index contributed by atoms with van der Waals surface area (Å²) < 4.78 is 1.58. The number of carbonyl (C=O) groups is 1. The molecular weight excluding hydrogens is 350 g/mol. The third kappa shape index (κ3) is 2.60. The number of fused-ring (bicyclic) bond motifs is 1. The zero-order valence-corrected chi connectivity index (χ0v) is 14.9. The van der Waals surface area contributed by atoms with Crippen molar-refractivity contribution in [3.8, 4) is 5.69 Å². The number of rotatable bonds is 3. The molecule has 1 aromatic carbocycles. The summed E-state index contributed by atoms with van der Waals surface area (Å²) in [6, 6.07) is 12.3. The number of aliphatic hydroxyl groups excluding tert-OH is 1. The van der Waals surface area contributed by atoms with E-state index in [1.165, 1.54) is 17.4 Å². The van der Waals surface area contributed by atoms with Crippen molar-refractivity contribution in [2.75, 3.05) is 18.9 Å². The van der Waals surface area contributed by atoms with Gasteiger partial charge >= 0.3 is 0 Å². The molecule has 3 N–H and O–H groups in total. The number of hydrogen-bond acceptors (Lipinski definition) is 5. The first-order chi connectivity index (χ1) is 12.6. The Kier molecular flexibility index (Phi) is 4.26. The van der Waals surface area contributed by atoms with Crippen molar-refractivity contribution in [2.45, 2.75) is 18.9 Å². The number of pyridine rings is 1. The highest BCUT2D eigenvalue weighted by molar-refractivity contribution is 7.21. The van der Waals surface area contributed by atoms with Gasteiger partial charge < -0.3 is 15.7 Å². The molecule has 0 unspecified atom stereocenters. The van der Waals surface area contributed by atoms with Crippen LogP contribution in [0.3, 0.4) is 0 Å². The minimum absolute atomic E-state index is 0.0503. The summed E-state index contributed by atoms with van der Waals surface area (Å²) in [5.74, 6) is -0.174. The van der Waals surface area contributed by atoms with Crippen molar-refractivity contribution in [1.82, 2.24) is 9.47 Å². The Labute approximate surface area is 154 Å². The highest BCUT2D eigenvalue weighted by Gasteiger charge is 2.31. The van der Waals surface area contributed by atoms with Gasteiger partial charge in [0.15, 0.2) is 0 Å². The number of amides is 1. The van der Waals surface area contributed by atoms with E-state index in [0.29, 0.717) is 27.3 Å². The number of anilines is 1. The molecule has 3 heterocycles. The predicted molar refractivity (Wildman–Crippen MR) is 103 cm³/mol. The molecule has 1 aliphatic heterocycles. The molecule has 0 radical (unpaired) electrons. The largest absolute Gasteiger partial charge is 0.397 e. The zero-order valence-electron chi connectivity index (χ0n) is 14.1. The van der Waals surface area contributed by atoms with E-state index in [1.807, 2.05) is 30.3 Å². The Morgan fingerprint density at radius 2 is 2.00 bits per heavy atom. The molecule has 1 atom stereocenters. The van der Waals surface area contributed by atoms with Gasteiger partial charge in [-0.05, 0) is 31.0 Å². The summed E-state index contributed by atoms with van der Waals surface area (Å²) in [4.78, 5) is 28.2.